The minimum absolute atomic E-state index is 0.479. The van der Waals surface area contributed by atoms with Crippen LogP contribution in [-0.2, 0) is 10.9 Å². The molecule has 0 spiro atoms. The number of hydrogen-bond acceptors (Lipinski definition) is 1. The number of ether oxygens (including phenoxy) is 1. The molecule has 140 valence electrons. The van der Waals surface area contributed by atoms with Gasteiger partial charge in [-0.25, -0.2) is 0 Å². The lowest BCUT2D eigenvalue weighted by Crippen LogP contribution is -2.15. The lowest BCUT2D eigenvalue weighted by Gasteiger charge is -2.30. The highest BCUT2D eigenvalue weighted by molar-refractivity contribution is 5.68. The fraction of sp³-hybridized carbons (Fsp3) is 0.455. The van der Waals surface area contributed by atoms with E-state index in [4.69, 9.17) is 4.74 Å². The minimum Gasteiger partial charge on any atom is -0.385 e. The van der Waals surface area contributed by atoms with Gasteiger partial charge in [0.25, 0.3) is 0 Å². The molecule has 0 N–H and O–H groups in total. The molecular weight excluding hydrogens is 337 g/mol. The fourth-order valence-corrected chi connectivity index (χ4v) is 4.00. The van der Waals surface area contributed by atoms with Gasteiger partial charge in [0, 0.05) is 13.7 Å². The second-order valence-electron chi connectivity index (χ2n) is 7.16. The van der Waals surface area contributed by atoms with Crippen LogP contribution in [0.3, 0.4) is 0 Å². The molecule has 0 saturated heterocycles. The van der Waals surface area contributed by atoms with Gasteiger partial charge < -0.3 is 4.74 Å². The van der Waals surface area contributed by atoms with Gasteiger partial charge >= 0.3 is 6.18 Å². The zero-order chi connectivity index (χ0) is 18.6. The van der Waals surface area contributed by atoms with Crippen LogP contribution in [0.25, 0.3) is 11.1 Å². The van der Waals surface area contributed by atoms with Gasteiger partial charge in [0.1, 0.15) is 0 Å². The Morgan fingerprint density at radius 1 is 0.923 bits per heavy atom. The van der Waals surface area contributed by atoms with Crippen molar-refractivity contribution in [1.29, 1.82) is 0 Å². The third kappa shape index (κ3) is 4.47. The second kappa shape index (κ2) is 8.26. The first kappa shape index (κ1) is 19.0. The fourth-order valence-electron chi connectivity index (χ4n) is 4.00. The van der Waals surface area contributed by atoms with Crippen molar-refractivity contribution < 1.29 is 17.9 Å². The molecule has 0 atom stereocenters. The van der Waals surface area contributed by atoms with Crippen LogP contribution in [-0.4, -0.2) is 13.7 Å². The molecule has 0 unspecified atom stereocenters. The summed E-state index contributed by atoms with van der Waals surface area (Å²) in [6.07, 6.45) is 1.46. The molecule has 0 heterocycles. The summed E-state index contributed by atoms with van der Waals surface area (Å²) in [7, 11) is 1.74. The Balaban J connectivity index is 1.77. The molecule has 1 aliphatic carbocycles. The largest absolute Gasteiger partial charge is 0.416 e. The van der Waals surface area contributed by atoms with Crippen molar-refractivity contribution in [3.8, 4) is 11.1 Å². The zero-order valence-corrected chi connectivity index (χ0v) is 15.1. The van der Waals surface area contributed by atoms with Crippen molar-refractivity contribution >= 4 is 0 Å². The van der Waals surface area contributed by atoms with Crippen molar-refractivity contribution in [2.45, 2.75) is 44.2 Å². The molecule has 4 heteroatoms. The Morgan fingerprint density at radius 3 is 2.19 bits per heavy atom. The summed E-state index contributed by atoms with van der Waals surface area (Å²) in [6.45, 7) is 0.817. The molecule has 0 bridgehead atoms. The monoisotopic (exact) mass is 362 g/mol. The van der Waals surface area contributed by atoms with Crippen LogP contribution in [0.4, 0.5) is 13.2 Å². The number of halogens is 3. The van der Waals surface area contributed by atoms with Crippen LogP contribution in [0, 0.1) is 5.92 Å². The van der Waals surface area contributed by atoms with Gasteiger partial charge in [0.05, 0.1) is 5.56 Å². The van der Waals surface area contributed by atoms with E-state index in [1.807, 2.05) is 18.2 Å². The Bertz CT molecular complexity index is 698. The maximum atomic E-state index is 12.8. The Hall–Kier alpha value is -1.81. The number of methoxy groups -OCH3 is 1. The van der Waals surface area contributed by atoms with E-state index < -0.39 is 11.7 Å². The van der Waals surface area contributed by atoms with Gasteiger partial charge in [-0.2, -0.15) is 13.2 Å². The summed E-state index contributed by atoms with van der Waals surface area (Å²) in [5.41, 5.74) is 2.58. The molecule has 0 amide bonds. The van der Waals surface area contributed by atoms with E-state index in [1.54, 1.807) is 19.2 Å². The topological polar surface area (TPSA) is 9.23 Å². The highest BCUT2D eigenvalue weighted by atomic mass is 19.4. The molecule has 3 rings (SSSR count). The molecular formula is C22H25F3O. The average molecular weight is 362 g/mol. The SMILES string of the molecule is COCC[C@H]1CC[C@H](c2ccccc2-c2ccc(C(F)(F)F)cc2)CC1. The maximum Gasteiger partial charge on any atom is 0.416 e. The summed E-state index contributed by atoms with van der Waals surface area (Å²) in [4.78, 5) is 0. The van der Waals surface area contributed by atoms with Gasteiger partial charge in [-0.1, -0.05) is 36.4 Å². The molecule has 0 aliphatic heterocycles. The zero-order valence-electron chi connectivity index (χ0n) is 15.1. The highest BCUT2D eigenvalue weighted by Gasteiger charge is 2.30. The van der Waals surface area contributed by atoms with Crippen molar-refractivity contribution in [3.05, 3.63) is 59.7 Å². The number of benzene rings is 2. The van der Waals surface area contributed by atoms with Crippen LogP contribution in [0.2, 0.25) is 0 Å². The Labute approximate surface area is 153 Å². The lowest BCUT2D eigenvalue weighted by atomic mass is 9.76. The first-order chi connectivity index (χ1) is 12.5. The molecule has 1 nitrogen and oxygen atoms in total. The van der Waals surface area contributed by atoms with E-state index in [1.165, 1.54) is 30.5 Å². The standard InChI is InChI=1S/C22H25F3O/c1-26-15-14-16-6-8-17(9-7-16)20-4-2-3-5-21(20)18-10-12-19(13-11-18)22(23,24)25/h2-5,10-13,16-17H,6-9,14-15H2,1H3/t16-,17-. The minimum atomic E-state index is -4.29. The van der Waals surface area contributed by atoms with Crippen LogP contribution in [0.5, 0.6) is 0 Å². The van der Waals surface area contributed by atoms with E-state index >= 15 is 0 Å². The van der Waals surface area contributed by atoms with Crippen LogP contribution < -0.4 is 0 Å². The highest BCUT2D eigenvalue weighted by Crippen LogP contribution is 2.41. The molecule has 0 aromatic heterocycles. The van der Waals surface area contributed by atoms with E-state index in [0.717, 1.165) is 42.9 Å². The van der Waals surface area contributed by atoms with Gasteiger partial charge in [0.2, 0.25) is 0 Å². The van der Waals surface area contributed by atoms with Gasteiger partial charge in [-0.3, -0.25) is 0 Å². The van der Waals surface area contributed by atoms with Gasteiger partial charge in [-0.15, -0.1) is 0 Å². The average Bonchev–Trinajstić information content (AvgIpc) is 2.66. The predicted octanol–water partition coefficient (Wildman–Crippen LogP) is 6.68. The van der Waals surface area contributed by atoms with E-state index in [0.29, 0.717) is 5.92 Å². The lowest BCUT2D eigenvalue weighted by molar-refractivity contribution is -0.137. The van der Waals surface area contributed by atoms with E-state index in [2.05, 4.69) is 6.07 Å². The van der Waals surface area contributed by atoms with Crippen molar-refractivity contribution in [2.24, 2.45) is 5.92 Å². The molecule has 2 aromatic carbocycles. The summed E-state index contributed by atoms with van der Waals surface area (Å²) in [6, 6.07) is 13.7. The smallest absolute Gasteiger partial charge is 0.385 e. The third-order valence-corrected chi connectivity index (χ3v) is 5.50. The van der Waals surface area contributed by atoms with Crippen LogP contribution in [0.1, 0.15) is 49.1 Å². The van der Waals surface area contributed by atoms with Crippen molar-refractivity contribution in [2.75, 3.05) is 13.7 Å². The van der Waals surface area contributed by atoms with Crippen molar-refractivity contribution in [1.82, 2.24) is 0 Å². The Kier molecular flexibility index (Phi) is 6.02. The second-order valence-corrected chi connectivity index (χ2v) is 7.16. The van der Waals surface area contributed by atoms with Crippen LogP contribution >= 0.6 is 0 Å². The number of rotatable bonds is 5. The summed E-state index contributed by atoms with van der Waals surface area (Å²) >= 11 is 0. The quantitative estimate of drug-likeness (QED) is 0.576. The number of alkyl halides is 3. The van der Waals surface area contributed by atoms with Gasteiger partial charge in [0.15, 0.2) is 0 Å². The summed E-state index contributed by atoms with van der Waals surface area (Å²) < 4.78 is 43.6. The van der Waals surface area contributed by atoms with E-state index in [-0.39, 0.29) is 0 Å². The predicted molar refractivity (Wildman–Crippen MR) is 98.1 cm³/mol. The molecule has 26 heavy (non-hydrogen) atoms. The first-order valence-electron chi connectivity index (χ1n) is 9.24. The molecule has 1 fully saturated rings. The Morgan fingerprint density at radius 2 is 1.58 bits per heavy atom. The van der Waals surface area contributed by atoms with Crippen LogP contribution in [0.15, 0.2) is 48.5 Å². The third-order valence-electron chi connectivity index (χ3n) is 5.50. The molecule has 1 saturated carbocycles. The summed E-state index contributed by atoms with van der Waals surface area (Å²) in [5.74, 6) is 1.21. The molecule has 2 aromatic rings. The normalized spacial score (nSPS) is 20.9. The van der Waals surface area contributed by atoms with E-state index in [9.17, 15) is 13.2 Å². The maximum absolute atomic E-state index is 12.8. The summed E-state index contributed by atoms with van der Waals surface area (Å²) in [5, 5.41) is 0. The van der Waals surface area contributed by atoms with Gasteiger partial charge in [-0.05, 0) is 72.8 Å². The molecule has 0 radical (unpaired) electrons. The molecule has 1 aliphatic rings. The first-order valence-corrected chi connectivity index (χ1v) is 9.24. The van der Waals surface area contributed by atoms with Crippen molar-refractivity contribution in [3.63, 3.8) is 0 Å². The number of hydrogen-bond donors (Lipinski definition) is 0.